The molecule has 0 saturated carbocycles. The van der Waals surface area contributed by atoms with Crippen LogP contribution in [0.1, 0.15) is 15.4 Å². The number of aromatic nitrogens is 2. The number of halogens is 1. The normalized spacial score (nSPS) is 15.0. The van der Waals surface area contributed by atoms with Gasteiger partial charge in [-0.3, -0.25) is 4.79 Å². The number of amides is 1. The molecule has 1 fully saturated rings. The summed E-state index contributed by atoms with van der Waals surface area (Å²) >= 11 is 4.97. The minimum absolute atomic E-state index is 0.0458. The first-order valence-corrected chi connectivity index (χ1v) is 7.85. The van der Waals surface area contributed by atoms with E-state index in [4.69, 9.17) is 0 Å². The van der Waals surface area contributed by atoms with Gasteiger partial charge >= 0.3 is 0 Å². The lowest BCUT2D eigenvalue weighted by Crippen LogP contribution is -2.59. The Hall–Kier alpha value is -1.47. The Morgan fingerprint density at radius 1 is 1.40 bits per heavy atom. The Balaban J connectivity index is 1.56. The molecule has 0 atom stereocenters. The van der Waals surface area contributed by atoms with Gasteiger partial charge in [0.2, 0.25) is 5.13 Å². The molecular weight excluding hydrogens is 340 g/mol. The van der Waals surface area contributed by atoms with E-state index in [1.807, 2.05) is 31.2 Å². The van der Waals surface area contributed by atoms with Crippen LogP contribution in [0.4, 0.5) is 5.13 Å². The Kier molecular flexibility index (Phi) is 3.71. The van der Waals surface area contributed by atoms with Crippen LogP contribution in [0.5, 0.6) is 0 Å². The van der Waals surface area contributed by atoms with Crippen molar-refractivity contribution in [2.75, 3.05) is 18.0 Å². The lowest BCUT2D eigenvalue weighted by molar-refractivity contribution is 0.0929. The van der Waals surface area contributed by atoms with Crippen LogP contribution in [-0.2, 0) is 0 Å². The van der Waals surface area contributed by atoms with Crippen molar-refractivity contribution in [1.29, 1.82) is 0 Å². The standard InChI is InChI=1S/C13H13BrN4OS/c1-8-16-17-13(20-8)18-6-9(7-18)15-12(19)10-4-2-3-5-11(10)14/h2-5,9H,6-7H2,1H3,(H,15,19). The highest BCUT2D eigenvalue weighted by molar-refractivity contribution is 9.10. The largest absolute Gasteiger partial charge is 0.346 e. The van der Waals surface area contributed by atoms with E-state index in [0.717, 1.165) is 27.7 Å². The van der Waals surface area contributed by atoms with Gasteiger partial charge in [-0.2, -0.15) is 0 Å². The molecule has 2 aromatic rings. The van der Waals surface area contributed by atoms with Crippen molar-refractivity contribution in [3.05, 3.63) is 39.3 Å². The average molecular weight is 353 g/mol. The molecule has 1 aliphatic rings. The highest BCUT2D eigenvalue weighted by Gasteiger charge is 2.30. The topological polar surface area (TPSA) is 58.1 Å². The number of benzene rings is 1. The third-order valence-electron chi connectivity index (χ3n) is 3.12. The maximum atomic E-state index is 12.1. The van der Waals surface area contributed by atoms with Crippen LogP contribution in [0.2, 0.25) is 0 Å². The van der Waals surface area contributed by atoms with Gasteiger partial charge in [0.25, 0.3) is 5.91 Å². The molecule has 1 aliphatic heterocycles. The third-order valence-corrected chi connectivity index (χ3v) is 4.71. The lowest BCUT2D eigenvalue weighted by atomic mass is 10.1. The molecular formula is C13H13BrN4OS. The average Bonchev–Trinajstić information content (AvgIpc) is 2.80. The molecule has 0 radical (unpaired) electrons. The van der Waals surface area contributed by atoms with Gasteiger partial charge in [0, 0.05) is 17.6 Å². The molecule has 0 unspecified atom stereocenters. The molecule has 7 heteroatoms. The minimum atomic E-state index is -0.0458. The van der Waals surface area contributed by atoms with Crippen molar-refractivity contribution in [2.45, 2.75) is 13.0 Å². The van der Waals surface area contributed by atoms with Crippen LogP contribution in [0.15, 0.2) is 28.7 Å². The van der Waals surface area contributed by atoms with Gasteiger partial charge in [0.1, 0.15) is 5.01 Å². The van der Waals surface area contributed by atoms with Crippen LogP contribution < -0.4 is 10.2 Å². The van der Waals surface area contributed by atoms with Crippen LogP contribution in [0.3, 0.4) is 0 Å². The van der Waals surface area contributed by atoms with E-state index in [1.54, 1.807) is 11.3 Å². The molecule has 1 aromatic heterocycles. The summed E-state index contributed by atoms with van der Waals surface area (Å²) in [5.41, 5.74) is 0.665. The molecule has 5 nitrogen and oxygen atoms in total. The summed E-state index contributed by atoms with van der Waals surface area (Å²) in [6.45, 7) is 3.50. The van der Waals surface area contributed by atoms with Crippen molar-refractivity contribution < 1.29 is 4.79 Å². The summed E-state index contributed by atoms with van der Waals surface area (Å²) in [5.74, 6) is -0.0458. The van der Waals surface area contributed by atoms with Crippen LogP contribution in [0, 0.1) is 6.92 Å². The molecule has 3 rings (SSSR count). The zero-order valence-electron chi connectivity index (χ0n) is 10.8. The Labute approximate surface area is 129 Å². The fraction of sp³-hybridized carbons (Fsp3) is 0.308. The number of anilines is 1. The Bertz CT molecular complexity index is 639. The summed E-state index contributed by atoms with van der Waals surface area (Å²) in [6.07, 6.45) is 0. The fourth-order valence-corrected chi connectivity index (χ4v) is 3.22. The maximum Gasteiger partial charge on any atom is 0.252 e. The van der Waals surface area contributed by atoms with Gasteiger partial charge in [-0.05, 0) is 35.0 Å². The number of aryl methyl sites for hydroxylation is 1. The quantitative estimate of drug-likeness (QED) is 0.920. The second-order valence-electron chi connectivity index (χ2n) is 4.66. The van der Waals surface area contributed by atoms with Crippen LogP contribution in [-0.4, -0.2) is 35.2 Å². The first-order chi connectivity index (χ1) is 9.63. The molecule has 1 aromatic carbocycles. The second-order valence-corrected chi connectivity index (χ2v) is 6.67. The van der Waals surface area contributed by atoms with Gasteiger partial charge in [-0.15, -0.1) is 10.2 Å². The third kappa shape index (κ3) is 2.69. The van der Waals surface area contributed by atoms with E-state index < -0.39 is 0 Å². The predicted octanol–water partition coefficient (Wildman–Crippen LogP) is 2.23. The van der Waals surface area contributed by atoms with E-state index >= 15 is 0 Å². The van der Waals surface area contributed by atoms with E-state index in [1.165, 1.54) is 0 Å². The minimum Gasteiger partial charge on any atom is -0.346 e. The van der Waals surface area contributed by atoms with Gasteiger partial charge in [0.05, 0.1) is 11.6 Å². The van der Waals surface area contributed by atoms with E-state index in [9.17, 15) is 4.79 Å². The molecule has 1 N–H and O–H groups in total. The SMILES string of the molecule is Cc1nnc(N2CC(NC(=O)c3ccccc3Br)C2)s1. The number of hydrogen-bond acceptors (Lipinski definition) is 5. The zero-order chi connectivity index (χ0) is 14.1. The molecule has 104 valence electrons. The molecule has 2 heterocycles. The van der Waals surface area contributed by atoms with Gasteiger partial charge in [-0.1, -0.05) is 23.5 Å². The van der Waals surface area contributed by atoms with E-state index in [-0.39, 0.29) is 11.9 Å². The number of nitrogens with zero attached hydrogens (tertiary/aromatic N) is 3. The highest BCUT2D eigenvalue weighted by atomic mass is 79.9. The lowest BCUT2D eigenvalue weighted by Gasteiger charge is -2.39. The van der Waals surface area contributed by atoms with Gasteiger partial charge < -0.3 is 10.2 Å². The summed E-state index contributed by atoms with van der Waals surface area (Å²) in [4.78, 5) is 14.3. The smallest absolute Gasteiger partial charge is 0.252 e. The van der Waals surface area contributed by atoms with Crippen molar-refractivity contribution in [2.24, 2.45) is 0 Å². The number of hydrogen-bond donors (Lipinski definition) is 1. The summed E-state index contributed by atoms with van der Waals surface area (Å²) in [7, 11) is 0. The van der Waals surface area contributed by atoms with Gasteiger partial charge in [-0.25, -0.2) is 0 Å². The zero-order valence-corrected chi connectivity index (χ0v) is 13.2. The molecule has 0 spiro atoms. The summed E-state index contributed by atoms with van der Waals surface area (Å²) in [6, 6.07) is 7.59. The first-order valence-electron chi connectivity index (χ1n) is 6.24. The Morgan fingerprint density at radius 2 is 2.15 bits per heavy atom. The fourth-order valence-electron chi connectivity index (χ4n) is 2.05. The van der Waals surface area contributed by atoms with Crippen molar-refractivity contribution in [1.82, 2.24) is 15.5 Å². The van der Waals surface area contributed by atoms with Crippen LogP contribution in [0.25, 0.3) is 0 Å². The predicted molar refractivity (Wildman–Crippen MR) is 82.3 cm³/mol. The number of carbonyl (C=O) groups is 1. The molecule has 1 amide bonds. The summed E-state index contributed by atoms with van der Waals surface area (Å²) < 4.78 is 0.813. The molecule has 20 heavy (non-hydrogen) atoms. The van der Waals surface area contributed by atoms with Crippen molar-refractivity contribution in [3.63, 3.8) is 0 Å². The van der Waals surface area contributed by atoms with E-state index in [0.29, 0.717) is 5.56 Å². The number of rotatable bonds is 3. The number of carbonyl (C=O) groups excluding carboxylic acids is 1. The molecule has 0 bridgehead atoms. The van der Waals surface area contributed by atoms with Crippen molar-refractivity contribution in [3.8, 4) is 0 Å². The van der Waals surface area contributed by atoms with E-state index in [2.05, 4.69) is 36.3 Å². The Morgan fingerprint density at radius 3 is 2.80 bits per heavy atom. The maximum absolute atomic E-state index is 12.1. The van der Waals surface area contributed by atoms with Crippen LogP contribution >= 0.6 is 27.3 Å². The molecule has 1 saturated heterocycles. The van der Waals surface area contributed by atoms with Crippen molar-refractivity contribution >= 4 is 38.3 Å². The number of nitrogens with one attached hydrogen (secondary N) is 1. The van der Waals surface area contributed by atoms with Gasteiger partial charge in [0.15, 0.2) is 0 Å². The molecule has 0 aliphatic carbocycles. The highest BCUT2D eigenvalue weighted by Crippen LogP contribution is 2.24. The first kappa shape index (κ1) is 13.5. The monoisotopic (exact) mass is 352 g/mol. The summed E-state index contributed by atoms with van der Waals surface area (Å²) in [5, 5.41) is 13.0. The second kappa shape index (κ2) is 5.49.